The molecule has 2 aliphatic rings. The number of aromatic nitrogens is 2. The van der Waals surface area contributed by atoms with Crippen molar-refractivity contribution in [3.05, 3.63) is 30.1 Å². The monoisotopic (exact) mass is 388 g/mol. The molecule has 4 heterocycles. The molecule has 1 saturated heterocycles. The highest BCUT2D eigenvalue weighted by Gasteiger charge is 2.34. The molecule has 2 aromatic heterocycles. The van der Waals surface area contributed by atoms with E-state index in [2.05, 4.69) is 9.97 Å². The number of hydrogen-bond acceptors (Lipinski definition) is 7. The molecule has 0 aliphatic carbocycles. The van der Waals surface area contributed by atoms with E-state index >= 15 is 0 Å². The Hall–Kier alpha value is -3.10. The number of nitrogens with zero attached hydrogens (tertiary/aromatic N) is 4. The molecule has 2 atom stereocenters. The molecule has 0 aromatic carbocycles. The summed E-state index contributed by atoms with van der Waals surface area (Å²) in [5, 5.41) is 0. The minimum Gasteiger partial charge on any atom is -0.488 e. The first kappa shape index (κ1) is 18.3. The van der Waals surface area contributed by atoms with Crippen LogP contribution in [-0.2, 0) is 4.79 Å². The lowest BCUT2D eigenvalue weighted by molar-refractivity contribution is -0.117. The maximum absolute atomic E-state index is 14.1. The summed E-state index contributed by atoms with van der Waals surface area (Å²) in [6.07, 6.45) is 1.95. The predicted molar refractivity (Wildman–Crippen MR) is 99.2 cm³/mol. The van der Waals surface area contributed by atoms with E-state index < -0.39 is 12.3 Å². The van der Waals surface area contributed by atoms with E-state index in [1.807, 2.05) is 17.9 Å². The lowest BCUT2D eigenvalue weighted by Crippen LogP contribution is -2.30. The SMILES string of the molecule is COc1ncc(N2CCOc3cnc(OC4CN(C=O)C[C@H]4F)cc32)cc1C. The third-order valence-electron chi connectivity index (χ3n) is 4.85. The van der Waals surface area contributed by atoms with Crippen LogP contribution in [-0.4, -0.2) is 66.9 Å². The Morgan fingerprint density at radius 2 is 2.14 bits per heavy atom. The summed E-state index contributed by atoms with van der Waals surface area (Å²) in [5.41, 5.74) is 2.57. The maximum Gasteiger partial charge on any atom is 0.216 e. The Balaban J connectivity index is 1.60. The number of rotatable bonds is 5. The summed E-state index contributed by atoms with van der Waals surface area (Å²) in [5.74, 6) is 1.48. The number of hydrogen-bond donors (Lipinski definition) is 0. The topological polar surface area (TPSA) is 77.0 Å². The third kappa shape index (κ3) is 3.39. The van der Waals surface area contributed by atoms with E-state index in [1.54, 1.807) is 25.6 Å². The van der Waals surface area contributed by atoms with Crippen molar-refractivity contribution in [1.82, 2.24) is 14.9 Å². The Labute approximate surface area is 161 Å². The van der Waals surface area contributed by atoms with E-state index in [0.717, 1.165) is 16.9 Å². The van der Waals surface area contributed by atoms with Gasteiger partial charge in [-0.05, 0) is 13.0 Å². The normalized spacial score (nSPS) is 21.1. The fourth-order valence-electron chi connectivity index (χ4n) is 3.46. The van der Waals surface area contributed by atoms with E-state index in [0.29, 0.717) is 31.2 Å². The third-order valence-corrected chi connectivity index (χ3v) is 4.85. The van der Waals surface area contributed by atoms with Crippen molar-refractivity contribution in [3.8, 4) is 17.5 Å². The lowest BCUT2D eigenvalue weighted by atomic mass is 10.2. The summed E-state index contributed by atoms with van der Waals surface area (Å²) in [6.45, 7) is 3.29. The van der Waals surface area contributed by atoms with Crippen molar-refractivity contribution >= 4 is 17.8 Å². The summed E-state index contributed by atoms with van der Waals surface area (Å²) in [6, 6.07) is 3.71. The van der Waals surface area contributed by atoms with Crippen molar-refractivity contribution in [2.45, 2.75) is 19.2 Å². The number of likely N-dealkylation sites (tertiary alicyclic amines) is 1. The smallest absolute Gasteiger partial charge is 0.216 e. The molecule has 2 aliphatic heterocycles. The van der Waals surface area contributed by atoms with Crippen LogP contribution in [0.2, 0.25) is 0 Å². The van der Waals surface area contributed by atoms with Gasteiger partial charge in [0.25, 0.3) is 0 Å². The highest BCUT2D eigenvalue weighted by Crippen LogP contribution is 2.39. The zero-order chi connectivity index (χ0) is 19.7. The fraction of sp³-hybridized carbons (Fsp3) is 0.421. The van der Waals surface area contributed by atoms with Gasteiger partial charge in [0.15, 0.2) is 18.0 Å². The van der Waals surface area contributed by atoms with Crippen LogP contribution in [0, 0.1) is 6.92 Å². The van der Waals surface area contributed by atoms with Gasteiger partial charge in [0.1, 0.15) is 6.61 Å². The quantitative estimate of drug-likeness (QED) is 0.724. The van der Waals surface area contributed by atoms with Crippen molar-refractivity contribution in [2.75, 3.05) is 38.3 Å². The van der Waals surface area contributed by atoms with Gasteiger partial charge in [-0.25, -0.2) is 14.4 Å². The molecule has 0 saturated carbocycles. The molecule has 1 unspecified atom stereocenters. The molecule has 148 valence electrons. The van der Waals surface area contributed by atoms with Crippen LogP contribution in [0.15, 0.2) is 24.5 Å². The number of amides is 1. The van der Waals surface area contributed by atoms with Gasteiger partial charge in [0.05, 0.1) is 50.5 Å². The van der Waals surface area contributed by atoms with Gasteiger partial charge in [-0.1, -0.05) is 0 Å². The van der Waals surface area contributed by atoms with Crippen LogP contribution in [0.25, 0.3) is 0 Å². The average Bonchev–Trinajstić information content (AvgIpc) is 3.07. The number of carbonyl (C=O) groups is 1. The molecule has 4 rings (SSSR count). The molecule has 0 spiro atoms. The molecule has 9 heteroatoms. The molecule has 2 aromatic rings. The molecule has 28 heavy (non-hydrogen) atoms. The summed E-state index contributed by atoms with van der Waals surface area (Å²) in [7, 11) is 1.58. The minimum absolute atomic E-state index is 0.0329. The molecule has 8 nitrogen and oxygen atoms in total. The van der Waals surface area contributed by atoms with Crippen LogP contribution >= 0.6 is 0 Å². The summed E-state index contributed by atoms with van der Waals surface area (Å²) < 4.78 is 30.8. The number of alkyl halides is 1. The Morgan fingerprint density at radius 1 is 1.29 bits per heavy atom. The highest BCUT2D eigenvalue weighted by atomic mass is 19.1. The average molecular weight is 388 g/mol. The van der Waals surface area contributed by atoms with Gasteiger partial charge in [0.2, 0.25) is 18.2 Å². The Morgan fingerprint density at radius 3 is 2.86 bits per heavy atom. The van der Waals surface area contributed by atoms with E-state index in [4.69, 9.17) is 14.2 Å². The molecule has 0 radical (unpaired) electrons. The van der Waals surface area contributed by atoms with Crippen molar-refractivity contribution < 1.29 is 23.4 Å². The van der Waals surface area contributed by atoms with Gasteiger partial charge in [0, 0.05) is 11.6 Å². The molecular formula is C19H21FN4O4. The Kier molecular flexibility index (Phi) is 4.89. The van der Waals surface area contributed by atoms with Crippen molar-refractivity contribution in [1.29, 1.82) is 0 Å². The van der Waals surface area contributed by atoms with Crippen molar-refractivity contribution in [3.63, 3.8) is 0 Å². The van der Waals surface area contributed by atoms with Gasteiger partial charge in [-0.2, -0.15) is 0 Å². The van der Waals surface area contributed by atoms with Gasteiger partial charge in [-0.3, -0.25) is 4.79 Å². The molecule has 0 bridgehead atoms. The maximum atomic E-state index is 14.1. The number of anilines is 2. The standard InChI is InChI=1S/C19H21FN4O4/c1-12-5-13(7-22-19(12)26-2)24-3-4-27-16-8-21-18(6-15(16)24)28-17-10-23(11-25)9-14(17)20/h5-8,11,14,17H,3-4,9-10H2,1-2H3/t14-,17?/m1/s1. The number of ether oxygens (including phenoxy) is 3. The largest absolute Gasteiger partial charge is 0.488 e. The van der Waals surface area contributed by atoms with E-state index in [-0.39, 0.29) is 19.0 Å². The van der Waals surface area contributed by atoms with Gasteiger partial charge >= 0.3 is 0 Å². The zero-order valence-electron chi connectivity index (χ0n) is 15.7. The minimum atomic E-state index is -1.25. The van der Waals surface area contributed by atoms with E-state index in [1.165, 1.54) is 4.90 Å². The number of carbonyl (C=O) groups excluding carboxylic acids is 1. The number of halogens is 1. The predicted octanol–water partition coefficient (Wildman–Crippen LogP) is 1.88. The molecule has 1 amide bonds. The molecular weight excluding hydrogens is 367 g/mol. The van der Waals surface area contributed by atoms with Crippen LogP contribution in [0.4, 0.5) is 15.8 Å². The summed E-state index contributed by atoms with van der Waals surface area (Å²) >= 11 is 0. The van der Waals surface area contributed by atoms with Crippen molar-refractivity contribution in [2.24, 2.45) is 0 Å². The first-order chi connectivity index (χ1) is 13.6. The van der Waals surface area contributed by atoms with Gasteiger partial charge in [-0.15, -0.1) is 0 Å². The number of pyridine rings is 2. The second-order valence-corrected chi connectivity index (χ2v) is 6.74. The highest BCUT2D eigenvalue weighted by molar-refractivity contribution is 5.71. The number of aryl methyl sites for hydroxylation is 1. The van der Waals surface area contributed by atoms with Crippen LogP contribution in [0.3, 0.4) is 0 Å². The number of fused-ring (bicyclic) bond motifs is 1. The first-order valence-corrected chi connectivity index (χ1v) is 9.00. The first-order valence-electron chi connectivity index (χ1n) is 9.00. The second-order valence-electron chi connectivity index (χ2n) is 6.74. The lowest BCUT2D eigenvalue weighted by Gasteiger charge is -2.31. The van der Waals surface area contributed by atoms with Crippen LogP contribution < -0.4 is 19.1 Å². The summed E-state index contributed by atoms with van der Waals surface area (Å²) in [4.78, 5) is 22.8. The molecule has 0 N–H and O–H groups in total. The zero-order valence-corrected chi connectivity index (χ0v) is 15.7. The second kappa shape index (κ2) is 7.49. The van der Waals surface area contributed by atoms with Crippen LogP contribution in [0.5, 0.6) is 17.5 Å². The van der Waals surface area contributed by atoms with E-state index in [9.17, 15) is 9.18 Å². The molecule has 1 fully saturated rings. The Bertz CT molecular complexity index is 881. The fourth-order valence-corrected chi connectivity index (χ4v) is 3.46. The van der Waals surface area contributed by atoms with Crippen LogP contribution in [0.1, 0.15) is 5.56 Å². The van der Waals surface area contributed by atoms with Gasteiger partial charge < -0.3 is 24.0 Å². The number of methoxy groups -OCH3 is 1.